The molecule has 0 aromatic heterocycles. The molecule has 0 aliphatic heterocycles. The second-order valence-corrected chi connectivity index (χ2v) is 5.77. The maximum Gasteiger partial charge on any atom is 0.163 e. The van der Waals surface area contributed by atoms with Gasteiger partial charge in [-0.1, -0.05) is 50.7 Å². The van der Waals surface area contributed by atoms with Gasteiger partial charge in [0.1, 0.15) is 0 Å². The number of methoxy groups -OCH3 is 1. The van der Waals surface area contributed by atoms with E-state index in [9.17, 15) is 4.79 Å². The quantitative estimate of drug-likeness (QED) is 0.498. The highest BCUT2D eigenvalue weighted by Gasteiger charge is 2.20. The topological polar surface area (TPSA) is 26.3 Å². The third-order valence-electron chi connectivity index (χ3n) is 4.01. The molecule has 0 spiro atoms. The molecule has 2 heteroatoms. The highest BCUT2D eigenvalue weighted by Crippen LogP contribution is 2.30. The molecule has 0 saturated heterocycles. The Morgan fingerprint density at radius 1 is 1.20 bits per heavy atom. The van der Waals surface area contributed by atoms with Gasteiger partial charge in [-0.3, -0.25) is 4.79 Å². The third kappa shape index (κ3) is 5.62. The summed E-state index contributed by atoms with van der Waals surface area (Å²) < 4.78 is 5.13. The Bertz CT molecular complexity index is 364. The van der Waals surface area contributed by atoms with Crippen LogP contribution in [0.15, 0.2) is 22.8 Å². The number of ether oxygens (including phenoxy) is 1. The largest absolute Gasteiger partial charge is 0.384 e. The van der Waals surface area contributed by atoms with Crippen molar-refractivity contribution >= 4 is 5.78 Å². The van der Waals surface area contributed by atoms with Crippen LogP contribution >= 0.6 is 0 Å². The van der Waals surface area contributed by atoms with Crippen LogP contribution in [-0.4, -0.2) is 19.5 Å². The average Bonchev–Trinajstić information content (AvgIpc) is 2.81. The number of unbranched alkanes of at least 4 members (excludes halogenated alkanes) is 5. The summed E-state index contributed by atoms with van der Waals surface area (Å²) in [7, 11) is 1.71. The van der Waals surface area contributed by atoms with Gasteiger partial charge in [0, 0.05) is 19.1 Å². The number of carbonyl (C=O) groups is 1. The fourth-order valence-corrected chi connectivity index (χ4v) is 2.80. The van der Waals surface area contributed by atoms with Crippen molar-refractivity contribution in [2.45, 2.75) is 71.6 Å². The second-order valence-electron chi connectivity index (χ2n) is 5.77. The Balaban J connectivity index is 2.34. The van der Waals surface area contributed by atoms with Gasteiger partial charge in [0.05, 0.1) is 6.61 Å². The zero-order valence-electron chi connectivity index (χ0n) is 13.5. The number of rotatable bonds is 11. The number of hydrogen-bond acceptors (Lipinski definition) is 2. The van der Waals surface area contributed by atoms with Gasteiger partial charge in [0.15, 0.2) is 5.78 Å². The van der Waals surface area contributed by atoms with Gasteiger partial charge in [0.25, 0.3) is 0 Å². The molecule has 0 heterocycles. The molecule has 0 amide bonds. The van der Waals surface area contributed by atoms with Crippen LogP contribution in [0.2, 0.25) is 0 Å². The Kier molecular flexibility index (Phi) is 8.52. The van der Waals surface area contributed by atoms with Crippen molar-refractivity contribution in [2.24, 2.45) is 0 Å². The zero-order valence-corrected chi connectivity index (χ0v) is 13.5. The smallest absolute Gasteiger partial charge is 0.163 e. The number of ketones is 1. The van der Waals surface area contributed by atoms with E-state index < -0.39 is 0 Å². The molecule has 1 aliphatic rings. The van der Waals surface area contributed by atoms with Gasteiger partial charge < -0.3 is 4.74 Å². The van der Waals surface area contributed by atoms with Gasteiger partial charge in [-0.15, -0.1) is 0 Å². The van der Waals surface area contributed by atoms with Crippen LogP contribution < -0.4 is 0 Å². The molecule has 0 fully saturated rings. The lowest BCUT2D eigenvalue weighted by atomic mass is 9.96. The van der Waals surface area contributed by atoms with E-state index in [1.54, 1.807) is 7.11 Å². The summed E-state index contributed by atoms with van der Waals surface area (Å²) in [5.41, 5.74) is 3.46. The lowest BCUT2D eigenvalue weighted by Gasteiger charge is -2.09. The van der Waals surface area contributed by atoms with Gasteiger partial charge >= 0.3 is 0 Å². The summed E-state index contributed by atoms with van der Waals surface area (Å²) in [5.74, 6) is 0.345. The molecule has 1 aliphatic carbocycles. The highest BCUT2D eigenvalue weighted by molar-refractivity contribution is 6.01. The molecule has 0 N–H and O–H groups in total. The summed E-state index contributed by atoms with van der Waals surface area (Å²) in [6.45, 7) is 5.02. The van der Waals surface area contributed by atoms with Gasteiger partial charge in [-0.25, -0.2) is 0 Å². The van der Waals surface area contributed by atoms with Crippen LogP contribution in [0.25, 0.3) is 0 Å². The summed E-state index contributed by atoms with van der Waals surface area (Å²) >= 11 is 0. The minimum absolute atomic E-state index is 0.345. The SMILES string of the molecule is CCCCCCCCC(=O)C1=C(C)CC=C1CCOC. The minimum Gasteiger partial charge on any atom is -0.384 e. The fourth-order valence-electron chi connectivity index (χ4n) is 2.80. The van der Waals surface area contributed by atoms with Crippen molar-refractivity contribution in [3.8, 4) is 0 Å². The lowest BCUT2D eigenvalue weighted by molar-refractivity contribution is -0.115. The Morgan fingerprint density at radius 2 is 1.90 bits per heavy atom. The van der Waals surface area contributed by atoms with Crippen molar-refractivity contribution in [3.63, 3.8) is 0 Å². The maximum absolute atomic E-state index is 12.4. The van der Waals surface area contributed by atoms with E-state index in [4.69, 9.17) is 4.74 Å². The average molecular weight is 278 g/mol. The van der Waals surface area contributed by atoms with Crippen LogP contribution in [0.5, 0.6) is 0 Å². The predicted molar refractivity (Wildman–Crippen MR) is 84.9 cm³/mol. The molecule has 0 radical (unpaired) electrons. The van der Waals surface area contributed by atoms with Crippen LogP contribution in [0, 0.1) is 0 Å². The first kappa shape index (κ1) is 17.2. The number of Topliss-reactive ketones (excluding diaryl/α,β-unsaturated/α-hetero) is 1. The molecular weight excluding hydrogens is 248 g/mol. The van der Waals surface area contributed by atoms with Crippen LogP contribution in [0.4, 0.5) is 0 Å². The highest BCUT2D eigenvalue weighted by atomic mass is 16.5. The minimum atomic E-state index is 0.345. The Hall–Kier alpha value is -0.890. The zero-order chi connectivity index (χ0) is 14.8. The molecule has 0 aromatic rings. The summed E-state index contributed by atoms with van der Waals surface area (Å²) in [6.07, 6.45) is 12.1. The summed E-state index contributed by atoms with van der Waals surface area (Å²) in [6, 6.07) is 0. The Morgan fingerprint density at radius 3 is 2.60 bits per heavy atom. The van der Waals surface area contributed by atoms with Crippen molar-refractivity contribution < 1.29 is 9.53 Å². The van der Waals surface area contributed by atoms with Gasteiger partial charge in [0.2, 0.25) is 0 Å². The van der Waals surface area contributed by atoms with E-state index in [2.05, 4.69) is 19.9 Å². The van der Waals surface area contributed by atoms with Crippen molar-refractivity contribution in [1.29, 1.82) is 0 Å². The second kappa shape index (κ2) is 9.93. The van der Waals surface area contributed by atoms with E-state index in [1.807, 2.05) is 0 Å². The lowest BCUT2D eigenvalue weighted by Crippen LogP contribution is -2.06. The predicted octanol–water partition coefficient (Wildman–Crippen LogP) is 4.99. The van der Waals surface area contributed by atoms with E-state index in [-0.39, 0.29) is 0 Å². The van der Waals surface area contributed by atoms with Crippen LogP contribution in [0.3, 0.4) is 0 Å². The maximum atomic E-state index is 12.4. The van der Waals surface area contributed by atoms with E-state index in [1.165, 1.54) is 43.3 Å². The van der Waals surface area contributed by atoms with E-state index >= 15 is 0 Å². The number of carbonyl (C=O) groups excluding carboxylic acids is 1. The summed E-state index contributed by atoms with van der Waals surface area (Å²) in [4.78, 5) is 12.4. The molecule has 0 bridgehead atoms. The molecule has 0 saturated carbocycles. The molecule has 2 nitrogen and oxygen atoms in total. The number of allylic oxidation sites excluding steroid dienone is 3. The first-order valence-corrected chi connectivity index (χ1v) is 8.12. The molecule has 0 atom stereocenters. The normalized spacial score (nSPS) is 14.8. The molecule has 0 unspecified atom stereocenters. The van der Waals surface area contributed by atoms with Crippen molar-refractivity contribution in [1.82, 2.24) is 0 Å². The Labute approximate surface area is 124 Å². The molecule has 20 heavy (non-hydrogen) atoms. The van der Waals surface area contributed by atoms with Crippen molar-refractivity contribution in [3.05, 3.63) is 22.8 Å². The van der Waals surface area contributed by atoms with E-state index in [0.717, 1.165) is 24.8 Å². The van der Waals surface area contributed by atoms with Crippen LogP contribution in [0.1, 0.15) is 71.6 Å². The van der Waals surface area contributed by atoms with Gasteiger partial charge in [-0.05, 0) is 31.8 Å². The molecule has 0 aromatic carbocycles. The fraction of sp³-hybridized carbons (Fsp3) is 0.722. The number of hydrogen-bond donors (Lipinski definition) is 0. The molecule has 1 rings (SSSR count). The molecule has 114 valence electrons. The summed E-state index contributed by atoms with van der Waals surface area (Å²) in [5, 5.41) is 0. The monoisotopic (exact) mass is 278 g/mol. The molecular formula is C18H30O2. The standard InChI is InChI=1S/C18H30O2/c1-4-5-6-7-8-9-10-17(19)18-15(2)11-12-16(18)13-14-20-3/h12H,4-11,13-14H2,1-3H3. The van der Waals surface area contributed by atoms with Crippen LogP contribution in [-0.2, 0) is 9.53 Å². The van der Waals surface area contributed by atoms with E-state index in [0.29, 0.717) is 18.8 Å². The van der Waals surface area contributed by atoms with Gasteiger partial charge in [-0.2, -0.15) is 0 Å². The first-order chi connectivity index (χ1) is 9.70. The first-order valence-electron chi connectivity index (χ1n) is 8.12. The third-order valence-corrected chi connectivity index (χ3v) is 4.01. The van der Waals surface area contributed by atoms with Crippen molar-refractivity contribution in [2.75, 3.05) is 13.7 Å².